The molecular formula is C15H21BrFNO. The summed E-state index contributed by atoms with van der Waals surface area (Å²) < 4.78 is 19.8. The van der Waals surface area contributed by atoms with E-state index in [9.17, 15) is 4.39 Å². The molecule has 0 spiro atoms. The van der Waals surface area contributed by atoms with Crippen molar-refractivity contribution in [3.05, 3.63) is 28.0 Å². The van der Waals surface area contributed by atoms with Gasteiger partial charge in [-0.3, -0.25) is 0 Å². The summed E-state index contributed by atoms with van der Waals surface area (Å²) in [4.78, 5) is 0. The van der Waals surface area contributed by atoms with E-state index in [2.05, 4.69) is 35.1 Å². The molecule has 1 aromatic carbocycles. The van der Waals surface area contributed by atoms with Crippen LogP contribution in [0, 0.1) is 12.7 Å². The number of hydrogen-bond donors (Lipinski definition) is 1. The molecule has 1 aromatic rings. The van der Waals surface area contributed by atoms with Gasteiger partial charge in [0.1, 0.15) is 5.82 Å². The van der Waals surface area contributed by atoms with Gasteiger partial charge in [-0.05, 0) is 66.7 Å². The average Bonchev–Trinajstić information content (AvgIpc) is 2.36. The molecule has 19 heavy (non-hydrogen) atoms. The minimum atomic E-state index is -0.214. The Bertz CT molecular complexity index is 466. The lowest BCUT2D eigenvalue weighted by molar-refractivity contribution is -0.0708. The Morgan fingerprint density at radius 3 is 2.95 bits per heavy atom. The van der Waals surface area contributed by atoms with Gasteiger partial charge >= 0.3 is 0 Å². The van der Waals surface area contributed by atoms with Gasteiger partial charge in [0.25, 0.3) is 0 Å². The third-order valence-electron chi connectivity index (χ3n) is 3.97. The van der Waals surface area contributed by atoms with Gasteiger partial charge in [0.15, 0.2) is 0 Å². The Labute approximate surface area is 122 Å². The van der Waals surface area contributed by atoms with Gasteiger partial charge in [0, 0.05) is 18.3 Å². The molecule has 1 heterocycles. The number of halogens is 2. The van der Waals surface area contributed by atoms with Crippen molar-refractivity contribution in [3.63, 3.8) is 0 Å². The van der Waals surface area contributed by atoms with Gasteiger partial charge in [-0.25, -0.2) is 4.39 Å². The summed E-state index contributed by atoms with van der Waals surface area (Å²) in [6, 6.07) is 3.77. The first-order valence-corrected chi connectivity index (χ1v) is 7.59. The van der Waals surface area contributed by atoms with Gasteiger partial charge in [-0.1, -0.05) is 6.92 Å². The van der Waals surface area contributed by atoms with E-state index in [0.29, 0.717) is 10.5 Å². The fourth-order valence-corrected chi connectivity index (χ4v) is 2.86. The van der Waals surface area contributed by atoms with E-state index in [1.54, 1.807) is 6.07 Å². The van der Waals surface area contributed by atoms with E-state index < -0.39 is 0 Å². The Morgan fingerprint density at radius 2 is 2.26 bits per heavy atom. The number of hydrogen-bond acceptors (Lipinski definition) is 2. The van der Waals surface area contributed by atoms with Crippen LogP contribution in [0.4, 0.5) is 10.1 Å². The summed E-state index contributed by atoms with van der Waals surface area (Å²) in [5, 5.41) is 3.53. The van der Waals surface area contributed by atoms with Gasteiger partial charge in [0.2, 0.25) is 0 Å². The van der Waals surface area contributed by atoms with Crippen molar-refractivity contribution in [3.8, 4) is 0 Å². The fraction of sp³-hybridized carbons (Fsp3) is 0.600. The third kappa shape index (κ3) is 3.48. The largest absolute Gasteiger partial charge is 0.382 e. The summed E-state index contributed by atoms with van der Waals surface area (Å²) in [5.41, 5.74) is 1.89. The molecule has 0 amide bonds. The third-order valence-corrected chi connectivity index (χ3v) is 4.58. The number of ether oxygens (including phenoxy) is 1. The number of rotatable bonds is 3. The summed E-state index contributed by atoms with van der Waals surface area (Å²) >= 11 is 3.24. The molecule has 0 saturated carbocycles. The molecule has 0 aromatic heterocycles. The molecule has 1 aliphatic rings. The zero-order chi connectivity index (χ0) is 14.0. The van der Waals surface area contributed by atoms with Crippen LogP contribution in [0.2, 0.25) is 0 Å². The van der Waals surface area contributed by atoms with Crippen LogP contribution in [0.15, 0.2) is 16.6 Å². The van der Waals surface area contributed by atoms with Gasteiger partial charge in [-0.2, -0.15) is 0 Å². The van der Waals surface area contributed by atoms with E-state index in [1.165, 1.54) is 0 Å². The average molecular weight is 330 g/mol. The molecule has 1 fully saturated rings. The minimum Gasteiger partial charge on any atom is -0.382 e. The molecule has 2 nitrogen and oxygen atoms in total. The lowest BCUT2D eigenvalue weighted by Crippen LogP contribution is -2.41. The van der Waals surface area contributed by atoms with Crippen LogP contribution in [0.25, 0.3) is 0 Å². The second-order valence-corrected chi connectivity index (χ2v) is 6.42. The standard InChI is InChI=1S/C15H21BrFNO/c1-4-15(3)9-11(5-6-19-15)18-14-8-12(16)13(17)7-10(14)2/h7-8,11,18H,4-6,9H2,1-3H3. The van der Waals surface area contributed by atoms with E-state index in [0.717, 1.165) is 37.1 Å². The lowest BCUT2D eigenvalue weighted by Gasteiger charge is -2.38. The first-order chi connectivity index (χ1) is 8.93. The van der Waals surface area contributed by atoms with E-state index in [-0.39, 0.29) is 11.4 Å². The van der Waals surface area contributed by atoms with Crippen LogP contribution in [0.5, 0.6) is 0 Å². The van der Waals surface area contributed by atoms with E-state index in [1.807, 2.05) is 13.0 Å². The number of anilines is 1. The predicted molar refractivity (Wildman–Crippen MR) is 80.1 cm³/mol. The van der Waals surface area contributed by atoms with Crippen molar-refractivity contribution in [1.82, 2.24) is 0 Å². The molecule has 1 N–H and O–H groups in total. The summed E-state index contributed by atoms with van der Waals surface area (Å²) in [6.45, 7) is 7.02. The smallest absolute Gasteiger partial charge is 0.137 e. The van der Waals surface area contributed by atoms with Crippen molar-refractivity contribution >= 4 is 21.6 Å². The van der Waals surface area contributed by atoms with Crippen LogP contribution in [-0.4, -0.2) is 18.2 Å². The van der Waals surface area contributed by atoms with E-state index >= 15 is 0 Å². The maximum atomic E-state index is 13.4. The molecule has 2 rings (SSSR count). The van der Waals surface area contributed by atoms with Gasteiger partial charge in [-0.15, -0.1) is 0 Å². The number of nitrogens with one attached hydrogen (secondary N) is 1. The maximum absolute atomic E-state index is 13.4. The predicted octanol–water partition coefficient (Wildman–Crippen LogP) is 4.66. The molecule has 2 atom stereocenters. The molecule has 0 aliphatic carbocycles. The van der Waals surface area contributed by atoms with Gasteiger partial charge < -0.3 is 10.1 Å². The zero-order valence-electron chi connectivity index (χ0n) is 11.7. The van der Waals surface area contributed by atoms with Crippen LogP contribution in [-0.2, 0) is 4.74 Å². The second-order valence-electron chi connectivity index (χ2n) is 5.57. The highest BCUT2D eigenvalue weighted by Gasteiger charge is 2.31. The SMILES string of the molecule is CCC1(C)CC(Nc2cc(Br)c(F)cc2C)CCO1. The molecule has 0 radical (unpaired) electrons. The Morgan fingerprint density at radius 1 is 1.53 bits per heavy atom. The van der Waals surface area contributed by atoms with Crippen molar-refractivity contribution in [2.75, 3.05) is 11.9 Å². The van der Waals surface area contributed by atoms with Crippen molar-refractivity contribution in [2.24, 2.45) is 0 Å². The Kier molecular flexibility index (Phi) is 4.51. The van der Waals surface area contributed by atoms with Crippen molar-refractivity contribution < 1.29 is 9.13 Å². The number of aryl methyl sites for hydroxylation is 1. The van der Waals surface area contributed by atoms with Crippen molar-refractivity contribution in [2.45, 2.75) is 51.7 Å². The summed E-state index contributed by atoms with van der Waals surface area (Å²) in [6.07, 6.45) is 2.99. The van der Waals surface area contributed by atoms with Crippen LogP contribution < -0.4 is 5.32 Å². The number of benzene rings is 1. The zero-order valence-corrected chi connectivity index (χ0v) is 13.3. The molecule has 1 aliphatic heterocycles. The lowest BCUT2D eigenvalue weighted by atomic mass is 9.89. The first-order valence-electron chi connectivity index (χ1n) is 6.79. The van der Waals surface area contributed by atoms with Gasteiger partial charge in [0.05, 0.1) is 10.1 Å². The first kappa shape index (κ1) is 14.8. The topological polar surface area (TPSA) is 21.3 Å². The molecular weight excluding hydrogens is 309 g/mol. The molecule has 4 heteroatoms. The molecule has 1 saturated heterocycles. The summed E-state index contributed by atoms with van der Waals surface area (Å²) in [5.74, 6) is -0.214. The molecule has 2 unspecified atom stereocenters. The van der Waals surface area contributed by atoms with Crippen LogP contribution >= 0.6 is 15.9 Å². The fourth-order valence-electron chi connectivity index (χ4n) is 2.52. The monoisotopic (exact) mass is 329 g/mol. The highest BCUT2D eigenvalue weighted by Crippen LogP contribution is 2.31. The normalized spacial score (nSPS) is 27.3. The highest BCUT2D eigenvalue weighted by molar-refractivity contribution is 9.10. The maximum Gasteiger partial charge on any atom is 0.137 e. The quantitative estimate of drug-likeness (QED) is 0.871. The second kappa shape index (κ2) is 5.80. The Balaban J connectivity index is 2.11. The molecule has 0 bridgehead atoms. The van der Waals surface area contributed by atoms with E-state index in [4.69, 9.17) is 4.74 Å². The van der Waals surface area contributed by atoms with Crippen molar-refractivity contribution in [1.29, 1.82) is 0 Å². The minimum absolute atomic E-state index is 0.0406. The molecule has 106 valence electrons. The van der Waals surface area contributed by atoms with Crippen LogP contribution in [0.3, 0.4) is 0 Å². The summed E-state index contributed by atoms with van der Waals surface area (Å²) in [7, 11) is 0. The highest BCUT2D eigenvalue weighted by atomic mass is 79.9. The Hall–Kier alpha value is -0.610. The van der Waals surface area contributed by atoms with Crippen LogP contribution in [0.1, 0.15) is 38.7 Å².